The smallest absolute Gasteiger partial charge is 0.0706 e. The van der Waals surface area contributed by atoms with E-state index in [1.54, 1.807) is 11.1 Å². The standard InChI is InChI=1S/C23H33N/c1-5-12-19-20(13-6-2)22(15-8-4)23(21(19)14-7-3)24-18-16-10-9-11-17-18/h9-11,16-17H,5-8,12-15H2,1-4H3. The molecule has 24 heavy (non-hydrogen) atoms. The largest absolute Gasteiger partial charge is 0.248 e. The van der Waals surface area contributed by atoms with Crippen molar-refractivity contribution in [1.29, 1.82) is 0 Å². The van der Waals surface area contributed by atoms with Gasteiger partial charge in [-0.05, 0) is 60.1 Å². The molecule has 1 aliphatic rings. The highest BCUT2D eigenvalue weighted by atomic mass is 14.8. The normalized spacial score (nSPS) is 14.8. The number of aliphatic imine (C=N–C) groups is 1. The summed E-state index contributed by atoms with van der Waals surface area (Å²) in [5, 5.41) is 0. The van der Waals surface area contributed by atoms with Crippen molar-refractivity contribution < 1.29 is 0 Å². The second kappa shape index (κ2) is 9.61. The number of benzene rings is 1. The van der Waals surface area contributed by atoms with Gasteiger partial charge in [0.05, 0.1) is 11.4 Å². The molecule has 1 aliphatic carbocycles. The van der Waals surface area contributed by atoms with Gasteiger partial charge in [0.25, 0.3) is 0 Å². The van der Waals surface area contributed by atoms with Crippen LogP contribution in [0.2, 0.25) is 0 Å². The minimum Gasteiger partial charge on any atom is -0.248 e. The maximum atomic E-state index is 5.12. The summed E-state index contributed by atoms with van der Waals surface area (Å²) in [5.74, 6) is 0. The zero-order valence-electron chi connectivity index (χ0n) is 16.0. The van der Waals surface area contributed by atoms with Crippen LogP contribution in [0, 0.1) is 0 Å². The van der Waals surface area contributed by atoms with Crippen LogP contribution in [0.5, 0.6) is 0 Å². The van der Waals surface area contributed by atoms with E-state index in [0.717, 1.165) is 18.5 Å². The number of hydrogen-bond donors (Lipinski definition) is 0. The third-order valence-corrected chi connectivity index (χ3v) is 4.66. The van der Waals surface area contributed by atoms with Crippen LogP contribution in [-0.2, 0) is 0 Å². The molecule has 0 amide bonds. The maximum Gasteiger partial charge on any atom is 0.0706 e. The molecule has 130 valence electrons. The molecule has 0 heterocycles. The summed E-state index contributed by atoms with van der Waals surface area (Å²) in [5.41, 5.74) is 8.71. The van der Waals surface area contributed by atoms with Crippen molar-refractivity contribution in [1.82, 2.24) is 0 Å². The highest BCUT2D eigenvalue weighted by Gasteiger charge is 2.28. The molecule has 2 rings (SSSR count). The van der Waals surface area contributed by atoms with E-state index < -0.39 is 0 Å². The predicted octanol–water partition coefficient (Wildman–Crippen LogP) is 7.57. The van der Waals surface area contributed by atoms with E-state index in [9.17, 15) is 0 Å². The molecule has 0 saturated heterocycles. The second-order valence-corrected chi connectivity index (χ2v) is 6.71. The van der Waals surface area contributed by atoms with Gasteiger partial charge in [0.15, 0.2) is 0 Å². The minimum atomic E-state index is 1.09. The zero-order valence-corrected chi connectivity index (χ0v) is 16.0. The van der Waals surface area contributed by atoms with Crippen LogP contribution in [0.1, 0.15) is 79.1 Å². The topological polar surface area (TPSA) is 12.4 Å². The van der Waals surface area contributed by atoms with E-state index in [-0.39, 0.29) is 0 Å². The van der Waals surface area contributed by atoms with E-state index in [2.05, 4.69) is 58.0 Å². The monoisotopic (exact) mass is 323 g/mol. The van der Waals surface area contributed by atoms with Crippen molar-refractivity contribution >= 4 is 11.4 Å². The molecule has 0 bridgehead atoms. The lowest BCUT2D eigenvalue weighted by atomic mass is 9.95. The minimum absolute atomic E-state index is 1.09. The van der Waals surface area contributed by atoms with Crippen LogP contribution in [0.3, 0.4) is 0 Å². The molecule has 1 heteroatoms. The molecule has 0 fully saturated rings. The van der Waals surface area contributed by atoms with Gasteiger partial charge in [-0.2, -0.15) is 0 Å². The lowest BCUT2D eigenvalue weighted by Gasteiger charge is -2.10. The van der Waals surface area contributed by atoms with E-state index in [0.29, 0.717) is 0 Å². The second-order valence-electron chi connectivity index (χ2n) is 6.71. The quantitative estimate of drug-likeness (QED) is 0.444. The molecular weight excluding hydrogens is 290 g/mol. The Morgan fingerprint density at radius 1 is 0.583 bits per heavy atom. The van der Waals surface area contributed by atoms with E-state index in [1.165, 1.54) is 55.4 Å². The highest BCUT2D eigenvalue weighted by Crippen LogP contribution is 2.40. The number of para-hydroxylation sites is 1. The van der Waals surface area contributed by atoms with Gasteiger partial charge in [0.1, 0.15) is 0 Å². The number of nitrogens with zero attached hydrogens (tertiary/aromatic N) is 1. The molecule has 1 nitrogen and oxygen atoms in total. The van der Waals surface area contributed by atoms with Crippen LogP contribution in [0.4, 0.5) is 5.69 Å². The maximum absolute atomic E-state index is 5.12. The first-order valence-electron chi connectivity index (χ1n) is 9.85. The molecule has 0 unspecified atom stereocenters. The first kappa shape index (κ1) is 18.7. The van der Waals surface area contributed by atoms with Gasteiger partial charge in [-0.25, -0.2) is 4.99 Å². The molecule has 0 atom stereocenters. The SMILES string of the molecule is CCCC1=C(CCC)C(CCC)=C(CCC)C1=Nc1ccccc1. The van der Waals surface area contributed by atoms with Crippen LogP contribution in [0.25, 0.3) is 0 Å². The highest BCUT2D eigenvalue weighted by molar-refractivity contribution is 6.18. The molecule has 0 N–H and O–H groups in total. The van der Waals surface area contributed by atoms with Gasteiger partial charge in [-0.1, -0.05) is 71.6 Å². The van der Waals surface area contributed by atoms with Crippen LogP contribution < -0.4 is 0 Å². The van der Waals surface area contributed by atoms with Gasteiger partial charge in [-0.3, -0.25) is 0 Å². The summed E-state index contributed by atoms with van der Waals surface area (Å²) in [6.07, 6.45) is 9.52. The molecule has 0 radical (unpaired) electrons. The summed E-state index contributed by atoms with van der Waals surface area (Å²) in [6.45, 7) is 9.17. The lowest BCUT2D eigenvalue weighted by Crippen LogP contribution is -2.04. The molecular formula is C23H33N. The Morgan fingerprint density at radius 2 is 1.00 bits per heavy atom. The van der Waals surface area contributed by atoms with Crippen LogP contribution in [-0.4, -0.2) is 5.71 Å². The summed E-state index contributed by atoms with van der Waals surface area (Å²) < 4.78 is 0. The Kier molecular flexibility index (Phi) is 7.49. The fourth-order valence-corrected chi connectivity index (χ4v) is 3.74. The Hall–Kier alpha value is -1.63. The van der Waals surface area contributed by atoms with E-state index in [4.69, 9.17) is 4.99 Å². The van der Waals surface area contributed by atoms with Crippen LogP contribution in [0.15, 0.2) is 57.6 Å². The summed E-state index contributed by atoms with van der Waals surface area (Å²) in [6, 6.07) is 10.5. The first-order valence-corrected chi connectivity index (χ1v) is 9.85. The fraction of sp³-hybridized carbons (Fsp3) is 0.522. The summed E-state index contributed by atoms with van der Waals surface area (Å²) in [7, 11) is 0. The van der Waals surface area contributed by atoms with Crippen molar-refractivity contribution in [2.75, 3.05) is 0 Å². The molecule has 0 spiro atoms. The lowest BCUT2D eigenvalue weighted by molar-refractivity contribution is 0.825. The molecule has 0 aliphatic heterocycles. The predicted molar refractivity (Wildman–Crippen MR) is 107 cm³/mol. The third kappa shape index (κ3) is 4.26. The van der Waals surface area contributed by atoms with Crippen molar-refractivity contribution in [3.8, 4) is 0 Å². The van der Waals surface area contributed by atoms with Crippen molar-refractivity contribution in [2.45, 2.75) is 79.1 Å². The van der Waals surface area contributed by atoms with Gasteiger partial charge >= 0.3 is 0 Å². The summed E-state index contributed by atoms with van der Waals surface area (Å²) in [4.78, 5) is 5.12. The Bertz CT molecular complexity index is 583. The van der Waals surface area contributed by atoms with E-state index in [1.807, 2.05) is 0 Å². The number of rotatable bonds is 9. The Morgan fingerprint density at radius 3 is 1.42 bits per heavy atom. The van der Waals surface area contributed by atoms with Crippen molar-refractivity contribution in [2.24, 2.45) is 4.99 Å². The van der Waals surface area contributed by atoms with Gasteiger partial charge in [-0.15, -0.1) is 0 Å². The Balaban J connectivity index is 2.58. The zero-order chi connectivity index (χ0) is 17.4. The Labute approximate surface area is 148 Å². The van der Waals surface area contributed by atoms with Crippen LogP contribution >= 0.6 is 0 Å². The number of allylic oxidation sites excluding steroid dienone is 4. The van der Waals surface area contributed by atoms with Gasteiger partial charge in [0.2, 0.25) is 0 Å². The molecule has 0 saturated carbocycles. The van der Waals surface area contributed by atoms with Crippen molar-refractivity contribution in [3.05, 3.63) is 52.6 Å². The number of hydrogen-bond acceptors (Lipinski definition) is 1. The van der Waals surface area contributed by atoms with Gasteiger partial charge < -0.3 is 0 Å². The molecule has 1 aromatic rings. The molecule has 0 aromatic heterocycles. The van der Waals surface area contributed by atoms with Crippen molar-refractivity contribution in [3.63, 3.8) is 0 Å². The molecule has 1 aromatic carbocycles. The summed E-state index contributed by atoms with van der Waals surface area (Å²) >= 11 is 0. The average molecular weight is 324 g/mol. The van der Waals surface area contributed by atoms with Gasteiger partial charge in [0, 0.05) is 0 Å². The van der Waals surface area contributed by atoms with E-state index >= 15 is 0 Å². The third-order valence-electron chi connectivity index (χ3n) is 4.66. The first-order chi connectivity index (χ1) is 11.8. The fourth-order valence-electron chi connectivity index (χ4n) is 3.74. The average Bonchev–Trinajstić information content (AvgIpc) is 2.84.